The van der Waals surface area contributed by atoms with Crippen LogP contribution in [0.3, 0.4) is 0 Å². The average Bonchev–Trinajstić information content (AvgIpc) is 3.12. The molecule has 33 heavy (non-hydrogen) atoms. The summed E-state index contributed by atoms with van der Waals surface area (Å²) >= 11 is 1.04. The molecule has 1 amide bonds. The molecule has 7 nitrogen and oxygen atoms in total. The predicted molar refractivity (Wildman–Crippen MR) is 129 cm³/mol. The Morgan fingerprint density at radius 3 is 2.64 bits per heavy atom. The molecule has 174 valence electrons. The monoisotopic (exact) mass is 485 g/mol. The fraction of sp³-hybridized carbons (Fsp3) is 0.417. The van der Waals surface area contributed by atoms with Crippen LogP contribution in [0.2, 0.25) is 0 Å². The van der Waals surface area contributed by atoms with Gasteiger partial charge in [-0.25, -0.2) is 8.42 Å². The zero-order chi connectivity index (χ0) is 23.2. The van der Waals surface area contributed by atoms with Crippen molar-refractivity contribution in [1.82, 2.24) is 14.2 Å². The third kappa shape index (κ3) is 4.13. The summed E-state index contributed by atoms with van der Waals surface area (Å²) in [4.78, 5) is 24.9. The number of hydrogen-bond acceptors (Lipinski definition) is 5. The fourth-order valence-corrected chi connectivity index (χ4v) is 7.47. The molecule has 1 N–H and O–H groups in total. The number of fused-ring (bicyclic) bond motifs is 2. The summed E-state index contributed by atoms with van der Waals surface area (Å²) in [5.74, 6) is -0.170. The number of carbonyl (C=O) groups excluding carboxylic acids is 1. The number of hydrogen-bond donors (Lipinski definition) is 1. The molecule has 2 aliphatic rings. The molecule has 9 heteroatoms. The largest absolute Gasteiger partial charge is 0.349 e. The van der Waals surface area contributed by atoms with E-state index in [1.165, 1.54) is 20.0 Å². The van der Waals surface area contributed by atoms with Crippen LogP contribution < -0.4 is 10.2 Å². The van der Waals surface area contributed by atoms with Crippen molar-refractivity contribution in [2.45, 2.75) is 43.0 Å². The van der Waals surface area contributed by atoms with Gasteiger partial charge in [-0.1, -0.05) is 35.6 Å². The van der Waals surface area contributed by atoms with Gasteiger partial charge in [-0.3, -0.25) is 9.59 Å². The Hall–Kier alpha value is -2.49. The first kappa shape index (κ1) is 22.3. The highest BCUT2D eigenvalue weighted by molar-refractivity contribution is 7.89. The van der Waals surface area contributed by atoms with Crippen LogP contribution in [0, 0.1) is 5.92 Å². The smallest absolute Gasteiger partial charge is 0.307 e. The molecule has 0 radical (unpaired) electrons. The van der Waals surface area contributed by atoms with Crippen LogP contribution in [0.15, 0.2) is 52.2 Å². The Labute approximate surface area is 197 Å². The lowest BCUT2D eigenvalue weighted by Gasteiger charge is -2.32. The first-order valence-electron chi connectivity index (χ1n) is 11.3. The molecule has 1 saturated heterocycles. The molecule has 0 saturated carbocycles. The molecule has 1 aliphatic heterocycles. The van der Waals surface area contributed by atoms with Crippen LogP contribution >= 0.6 is 11.3 Å². The number of amides is 1. The third-order valence-corrected chi connectivity index (χ3v) is 9.80. The highest BCUT2D eigenvalue weighted by Crippen LogP contribution is 2.31. The second-order valence-corrected chi connectivity index (χ2v) is 11.8. The van der Waals surface area contributed by atoms with E-state index in [4.69, 9.17) is 0 Å². The SMILES string of the molecule is Cn1c(=O)sc2cc(S(=O)(=O)N3CCC(C(=O)N[C@H]4CCCc5ccccc54)CC3)ccc21. The summed E-state index contributed by atoms with van der Waals surface area (Å²) in [6.07, 6.45) is 4.04. The maximum Gasteiger partial charge on any atom is 0.307 e. The molecule has 2 aromatic carbocycles. The van der Waals surface area contributed by atoms with E-state index in [-0.39, 0.29) is 27.6 Å². The highest BCUT2D eigenvalue weighted by atomic mass is 32.2. The minimum atomic E-state index is -3.68. The molecular formula is C24H27N3O4S2. The molecule has 1 aromatic heterocycles. The van der Waals surface area contributed by atoms with Crippen molar-refractivity contribution in [3.63, 3.8) is 0 Å². The topological polar surface area (TPSA) is 88.5 Å². The zero-order valence-corrected chi connectivity index (χ0v) is 20.1. The van der Waals surface area contributed by atoms with Crippen LogP contribution in [-0.4, -0.2) is 36.3 Å². The van der Waals surface area contributed by atoms with E-state index in [0.29, 0.717) is 30.6 Å². The molecule has 0 spiro atoms. The Morgan fingerprint density at radius 1 is 1.09 bits per heavy atom. The maximum atomic E-state index is 13.2. The van der Waals surface area contributed by atoms with Crippen molar-refractivity contribution >= 4 is 37.5 Å². The van der Waals surface area contributed by atoms with Crippen LogP contribution in [0.1, 0.15) is 42.9 Å². The molecule has 1 aliphatic carbocycles. The molecule has 1 fully saturated rings. The minimum Gasteiger partial charge on any atom is -0.349 e. The predicted octanol–water partition coefficient (Wildman–Crippen LogP) is 3.19. The van der Waals surface area contributed by atoms with Crippen molar-refractivity contribution in [2.24, 2.45) is 13.0 Å². The van der Waals surface area contributed by atoms with Crippen molar-refractivity contribution in [3.05, 3.63) is 63.3 Å². The number of aryl methyl sites for hydroxylation is 2. The van der Waals surface area contributed by atoms with Gasteiger partial charge in [-0.15, -0.1) is 0 Å². The highest BCUT2D eigenvalue weighted by Gasteiger charge is 2.33. The van der Waals surface area contributed by atoms with Gasteiger partial charge < -0.3 is 9.88 Å². The van der Waals surface area contributed by atoms with Gasteiger partial charge >= 0.3 is 4.87 Å². The molecule has 0 bridgehead atoms. The number of thiazole rings is 1. The van der Waals surface area contributed by atoms with E-state index >= 15 is 0 Å². The molecular weight excluding hydrogens is 458 g/mol. The van der Waals surface area contributed by atoms with Gasteiger partial charge in [0, 0.05) is 26.1 Å². The Bertz CT molecular complexity index is 1370. The van der Waals surface area contributed by atoms with E-state index in [2.05, 4.69) is 17.4 Å². The third-order valence-electron chi connectivity index (χ3n) is 6.91. The number of rotatable bonds is 4. The Kier molecular flexibility index (Phi) is 5.88. The van der Waals surface area contributed by atoms with Crippen LogP contribution in [0.4, 0.5) is 0 Å². The number of piperidine rings is 1. The summed E-state index contributed by atoms with van der Waals surface area (Å²) in [7, 11) is -2.00. The Balaban J connectivity index is 1.25. The summed E-state index contributed by atoms with van der Waals surface area (Å²) in [5.41, 5.74) is 3.23. The van der Waals surface area contributed by atoms with Crippen molar-refractivity contribution in [2.75, 3.05) is 13.1 Å². The molecule has 1 atom stereocenters. The first-order valence-corrected chi connectivity index (χ1v) is 13.6. The summed E-state index contributed by atoms with van der Waals surface area (Å²) in [5, 5.41) is 3.22. The van der Waals surface area contributed by atoms with E-state index in [9.17, 15) is 18.0 Å². The number of aromatic nitrogens is 1. The zero-order valence-electron chi connectivity index (χ0n) is 18.5. The van der Waals surface area contributed by atoms with E-state index in [0.717, 1.165) is 36.1 Å². The number of carbonyl (C=O) groups is 1. The second kappa shape index (κ2) is 8.70. The van der Waals surface area contributed by atoms with Gasteiger partial charge in [-0.05, 0) is 61.4 Å². The summed E-state index contributed by atoms with van der Waals surface area (Å²) in [6, 6.07) is 13.1. The minimum absolute atomic E-state index is 0.0178. The van der Waals surface area contributed by atoms with Gasteiger partial charge in [0.2, 0.25) is 15.9 Å². The number of sulfonamides is 1. The van der Waals surface area contributed by atoms with Crippen molar-refractivity contribution in [1.29, 1.82) is 0 Å². The lowest BCUT2D eigenvalue weighted by atomic mass is 9.87. The fourth-order valence-electron chi connectivity index (χ4n) is 4.98. The van der Waals surface area contributed by atoms with E-state index in [1.807, 2.05) is 12.1 Å². The average molecular weight is 486 g/mol. The van der Waals surface area contributed by atoms with Gasteiger partial charge in [0.25, 0.3) is 0 Å². The molecule has 0 unspecified atom stereocenters. The normalized spacial score (nSPS) is 20.0. The summed E-state index contributed by atoms with van der Waals surface area (Å²) in [6.45, 7) is 0.621. The number of benzene rings is 2. The first-order chi connectivity index (χ1) is 15.8. The van der Waals surface area contributed by atoms with Crippen molar-refractivity contribution < 1.29 is 13.2 Å². The summed E-state index contributed by atoms with van der Waals surface area (Å²) < 4.78 is 30.0. The lowest BCUT2D eigenvalue weighted by Crippen LogP contribution is -2.44. The molecule has 3 aromatic rings. The van der Waals surface area contributed by atoms with Gasteiger partial charge in [-0.2, -0.15) is 4.31 Å². The van der Waals surface area contributed by atoms with Crippen LogP contribution in [-0.2, 0) is 28.3 Å². The van der Waals surface area contributed by atoms with Gasteiger partial charge in [0.1, 0.15) is 0 Å². The molecule has 2 heterocycles. The number of nitrogens with one attached hydrogen (secondary N) is 1. The van der Waals surface area contributed by atoms with E-state index < -0.39 is 10.0 Å². The van der Waals surface area contributed by atoms with Crippen LogP contribution in [0.5, 0.6) is 0 Å². The standard InChI is InChI=1S/C24H27N3O4S2/c1-26-21-10-9-18(15-22(21)32-24(26)29)33(30,31)27-13-11-17(12-14-27)23(28)25-20-8-4-6-16-5-2-3-7-19(16)20/h2-3,5,7,9-10,15,17,20H,4,6,8,11-14H2,1H3,(H,25,28)/t20-/m0/s1. The second-order valence-electron chi connectivity index (χ2n) is 8.89. The lowest BCUT2D eigenvalue weighted by molar-refractivity contribution is -0.127. The maximum absolute atomic E-state index is 13.2. The Morgan fingerprint density at radius 2 is 1.85 bits per heavy atom. The van der Waals surface area contributed by atoms with Gasteiger partial charge in [0.15, 0.2) is 0 Å². The quantitative estimate of drug-likeness (QED) is 0.615. The van der Waals surface area contributed by atoms with Crippen molar-refractivity contribution in [3.8, 4) is 0 Å². The molecule has 5 rings (SSSR count). The number of nitrogens with zero attached hydrogens (tertiary/aromatic N) is 2. The van der Waals surface area contributed by atoms with E-state index in [1.54, 1.807) is 25.2 Å². The van der Waals surface area contributed by atoms with Gasteiger partial charge in [0.05, 0.1) is 21.2 Å². The van der Waals surface area contributed by atoms with Crippen LogP contribution in [0.25, 0.3) is 10.2 Å².